The molecule has 1 N–H and O–H groups in total. The van der Waals surface area contributed by atoms with Gasteiger partial charge < -0.3 is 9.84 Å². The predicted octanol–water partition coefficient (Wildman–Crippen LogP) is 2.53. The monoisotopic (exact) mass is 288 g/mol. The van der Waals surface area contributed by atoms with Gasteiger partial charge >= 0.3 is 0 Å². The maximum Gasteiger partial charge on any atom is 0.124 e. The fraction of sp³-hybridized carbons (Fsp3) is 0.500. The molecule has 88 valence electrons. The van der Waals surface area contributed by atoms with E-state index >= 15 is 0 Å². The third kappa shape index (κ3) is 2.62. The van der Waals surface area contributed by atoms with E-state index in [1.54, 1.807) is 0 Å². The largest absolute Gasteiger partial charge is 0.396 e. The maximum atomic E-state index is 13.2. The summed E-state index contributed by atoms with van der Waals surface area (Å²) in [6.45, 7) is 1.32. The van der Waals surface area contributed by atoms with Crippen molar-refractivity contribution in [2.45, 2.75) is 12.8 Å². The Hall–Kier alpha value is -0.450. The van der Waals surface area contributed by atoms with Crippen molar-refractivity contribution in [3.63, 3.8) is 0 Å². The van der Waals surface area contributed by atoms with Crippen LogP contribution in [0.15, 0.2) is 22.7 Å². The summed E-state index contributed by atoms with van der Waals surface area (Å²) in [5.41, 5.74) is 0.666. The Bertz CT molecular complexity index is 355. The van der Waals surface area contributed by atoms with Gasteiger partial charge in [0.2, 0.25) is 0 Å². The Kier molecular flexibility index (Phi) is 3.62. The van der Waals surface area contributed by atoms with Gasteiger partial charge in [-0.15, -0.1) is 0 Å². The first-order chi connectivity index (χ1) is 7.63. The van der Waals surface area contributed by atoms with Crippen LogP contribution in [0, 0.1) is 11.2 Å². The van der Waals surface area contributed by atoms with Crippen LogP contribution in [0.25, 0.3) is 0 Å². The Labute approximate surface area is 103 Å². The summed E-state index contributed by atoms with van der Waals surface area (Å²) in [6.07, 6.45) is 1.48. The van der Waals surface area contributed by atoms with Crippen LogP contribution in [-0.2, 0) is 11.2 Å². The minimum Gasteiger partial charge on any atom is -0.396 e. The summed E-state index contributed by atoms with van der Waals surface area (Å²) < 4.78 is 19.3. The van der Waals surface area contributed by atoms with Gasteiger partial charge in [0.1, 0.15) is 5.82 Å². The molecule has 4 heteroatoms. The van der Waals surface area contributed by atoms with Crippen molar-refractivity contribution >= 4 is 15.9 Å². The number of rotatable bonds is 3. The van der Waals surface area contributed by atoms with E-state index < -0.39 is 0 Å². The number of hydrogen-bond donors (Lipinski definition) is 1. The van der Waals surface area contributed by atoms with E-state index in [9.17, 15) is 9.50 Å². The van der Waals surface area contributed by atoms with Gasteiger partial charge in [-0.2, -0.15) is 0 Å². The molecule has 1 atom stereocenters. The van der Waals surface area contributed by atoms with E-state index in [1.807, 2.05) is 6.07 Å². The third-order valence-electron chi connectivity index (χ3n) is 3.02. The van der Waals surface area contributed by atoms with E-state index in [0.29, 0.717) is 19.6 Å². The summed E-state index contributed by atoms with van der Waals surface area (Å²) in [5.74, 6) is -0.253. The average Bonchev–Trinajstić information content (AvgIpc) is 2.65. The van der Waals surface area contributed by atoms with Gasteiger partial charge in [-0.25, -0.2) is 4.39 Å². The minimum absolute atomic E-state index is 0.0845. The molecule has 0 bridgehead atoms. The molecular weight excluding hydrogens is 275 g/mol. The van der Waals surface area contributed by atoms with E-state index in [1.165, 1.54) is 12.1 Å². The first kappa shape index (κ1) is 12.0. The lowest BCUT2D eigenvalue weighted by molar-refractivity contribution is 0.0934. The highest BCUT2D eigenvalue weighted by molar-refractivity contribution is 9.10. The van der Waals surface area contributed by atoms with Crippen molar-refractivity contribution < 1.29 is 14.2 Å². The van der Waals surface area contributed by atoms with Crippen LogP contribution in [-0.4, -0.2) is 24.9 Å². The Morgan fingerprint density at radius 2 is 2.25 bits per heavy atom. The second-order valence-corrected chi connectivity index (χ2v) is 5.33. The van der Waals surface area contributed by atoms with Gasteiger partial charge in [0.05, 0.1) is 13.2 Å². The van der Waals surface area contributed by atoms with Crippen LogP contribution in [0.3, 0.4) is 0 Å². The predicted molar refractivity (Wildman–Crippen MR) is 62.8 cm³/mol. The number of hydrogen-bond acceptors (Lipinski definition) is 2. The summed E-state index contributed by atoms with van der Waals surface area (Å²) in [6, 6.07) is 4.83. The van der Waals surface area contributed by atoms with Crippen LogP contribution in [0.1, 0.15) is 12.0 Å². The zero-order valence-electron chi connectivity index (χ0n) is 8.88. The van der Waals surface area contributed by atoms with Crippen LogP contribution in [0.4, 0.5) is 4.39 Å². The maximum absolute atomic E-state index is 13.2. The highest BCUT2D eigenvalue weighted by Crippen LogP contribution is 2.32. The molecule has 1 fully saturated rings. The van der Waals surface area contributed by atoms with Gasteiger partial charge in [0.15, 0.2) is 0 Å². The molecule has 0 aromatic heterocycles. The molecule has 1 aliphatic heterocycles. The van der Waals surface area contributed by atoms with Crippen molar-refractivity contribution in [1.82, 2.24) is 0 Å². The quantitative estimate of drug-likeness (QED) is 0.926. The van der Waals surface area contributed by atoms with Gasteiger partial charge in [-0.05, 0) is 36.6 Å². The Morgan fingerprint density at radius 1 is 1.44 bits per heavy atom. The summed E-state index contributed by atoms with van der Waals surface area (Å²) in [4.78, 5) is 0. The molecule has 0 aliphatic carbocycles. The Morgan fingerprint density at radius 3 is 2.81 bits per heavy atom. The molecule has 2 nitrogen and oxygen atoms in total. The summed E-state index contributed by atoms with van der Waals surface area (Å²) >= 11 is 3.27. The lowest BCUT2D eigenvalue weighted by atomic mass is 9.82. The molecule has 0 saturated carbocycles. The molecule has 2 rings (SSSR count). The molecule has 1 aromatic carbocycles. The van der Waals surface area contributed by atoms with Crippen molar-refractivity contribution in [2.75, 3.05) is 19.8 Å². The minimum atomic E-state index is -0.253. The zero-order chi connectivity index (χ0) is 11.6. The summed E-state index contributed by atoms with van der Waals surface area (Å²) in [5, 5.41) is 9.43. The molecule has 1 aromatic rings. The fourth-order valence-electron chi connectivity index (χ4n) is 2.12. The van der Waals surface area contributed by atoms with Crippen LogP contribution in [0.5, 0.6) is 0 Å². The van der Waals surface area contributed by atoms with Gasteiger partial charge in [-0.3, -0.25) is 0 Å². The SMILES string of the molecule is OCC1(Cc2cc(F)cc(Br)c2)CCOC1. The van der Waals surface area contributed by atoms with Crippen LogP contribution < -0.4 is 0 Å². The topological polar surface area (TPSA) is 29.5 Å². The first-order valence-corrected chi connectivity index (χ1v) is 6.06. The first-order valence-electron chi connectivity index (χ1n) is 5.27. The summed E-state index contributed by atoms with van der Waals surface area (Å²) in [7, 11) is 0. The molecule has 1 unspecified atom stereocenters. The Balaban J connectivity index is 2.18. The van der Waals surface area contributed by atoms with Gasteiger partial charge in [0.25, 0.3) is 0 Å². The van der Waals surface area contributed by atoms with E-state index in [0.717, 1.165) is 16.5 Å². The van der Waals surface area contributed by atoms with Crippen molar-refractivity contribution in [3.8, 4) is 0 Å². The number of aliphatic hydroxyl groups is 1. The van der Waals surface area contributed by atoms with Gasteiger partial charge in [-0.1, -0.05) is 15.9 Å². The van der Waals surface area contributed by atoms with Crippen LogP contribution in [0.2, 0.25) is 0 Å². The van der Waals surface area contributed by atoms with E-state index in [4.69, 9.17) is 4.74 Å². The average molecular weight is 289 g/mol. The lowest BCUT2D eigenvalue weighted by Crippen LogP contribution is -2.28. The molecular formula is C12H14BrFO2. The number of ether oxygens (including phenoxy) is 1. The third-order valence-corrected chi connectivity index (χ3v) is 3.48. The molecule has 0 spiro atoms. The van der Waals surface area contributed by atoms with Gasteiger partial charge in [0, 0.05) is 16.5 Å². The standard InChI is InChI=1S/C12H14BrFO2/c13-10-3-9(4-11(14)5-10)6-12(7-15)1-2-16-8-12/h3-5,15H,1-2,6-8H2. The molecule has 16 heavy (non-hydrogen) atoms. The van der Waals surface area contributed by atoms with E-state index in [-0.39, 0.29) is 17.8 Å². The lowest BCUT2D eigenvalue weighted by Gasteiger charge is -2.24. The molecule has 0 amide bonds. The second-order valence-electron chi connectivity index (χ2n) is 4.42. The highest BCUT2D eigenvalue weighted by Gasteiger charge is 2.34. The fourth-order valence-corrected chi connectivity index (χ4v) is 2.63. The normalized spacial score (nSPS) is 24.9. The molecule has 1 heterocycles. The number of benzene rings is 1. The van der Waals surface area contributed by atoms with Crippen molar-refractivity contribution in [2.24, 2.45) is 5.41 Å². The molecule has 1 saturated heterocycles. The van der Waals surface area contributed by atoms with E-state index in [2.05, 4.69) is 15.9 Å². The second kappa shape index (κ2) is 4.82. The molecule has 0 radical (unpaired) electrons. The van der Waals surface area contributed by atoms with Crippen molar-refractivity contribution in [3.05, 3.63) is 34.1 Å². The smallest absolute Gasteiger partial charge is 0.124 e. The number of halogens is 2. The molecule has 1 aliphatic rings. The highest BCUT2D eigenvalue weighted by atomic mass is 79.9. The zero-order valence-corrected chi connectivity index (χ0v) is 10.5. The van der Waals surface area contributed by atoms with Crippen LogP contribution >= 0.6 is 15.9 Å². The van der Waals surface area contributed by atoms with Crippen molar-refractivity contribution in [1.29, 1.82) is 0 Å². The number of aliphatic hydroxyl groups excluding tert-OH is 1.